The Morgan fingerprint density at radius 2 is 1.76 bits per heavy atom. The van der Waals surface area contributed by atoms with E-state index >= 15 is 0 Å². The van der Waals surface area contributed by atoms with Gasteiger partial charge in [0, 0.05) is 33.1 Å². The first-order valence-electron chi connectivity index (χ1n) is 16.3. The number of aliphatic hydroxyl groups excluding tert-OH is 2. The molecule has 5 atom stereocenters. The summed E-state index contributed by atoms with van der Waals surface area (Å²) in [7, 11) is 0. The van der Waals surface area contributed by atoms with Crippen LogP contribution >= 0.6 is 0 Å². The highest BCUT2D eigenvalue weighted by Gasteiger charge is 2.34. The number of anilines is 1. The molecule has 250 valence electrons. The molecule has 0 bridgehead atoms. The van der Waals surface area contributed by atoms with Crippen molar-refractivity contribution in [3.05, 3.63) is 36.0 Å². The van der Waals surface area contributed by atoms with Gasteiger partial charge in [0.15, 0.2) is 11.5 Å². The summed E-state index contributed by atoms with van der Waals surface area (Å²) >= 11 is 0. The lowest BCUT2D eigenvalue weighted by atomic mass is 9.74. The molecule has 10 heteroatoms. The number of aromatic hydroxyl groups is 1. The quantitative estimate of drug-likeness (QED) is 0.187. The van der Waals surface area contributed by atoms with Crippen molar-refractivity contribution in [1.29, 1.82) is 0 Å². The van der Waals surface area contributed by atoms with Crippen LogP contribution in [0.4, 0.5) is 5.82 Å². The van der Waals surface area contributed by atoms with E-state index in [1.54, 1.807) is 30.5 Å². The Balaban J connectivity index is 1.92. The van der Waals surface area contributed by atoms with Gasteiger partial charge in [-0.1, -0.05) is 26.7 Å². The summed E-state index contributed by atoms with van der Waals surface area (Å²) in [6.07, 6.45) is 7.56. The van der Waals surface area contributed by atoms with Crippen LogP contribution in [0.1, 0.15) is 84.6 Å². The molecule has 2 aromatic rings. The van der Waals surface area contributed by atoms with E-state index in [-0.39, 0.29) is 49.1 Å². The van der Waals surface area contributed by atoms with Gasteiger partial charge in [0.05, 0.1) is 6.61 Å². The lowest BCUT2D eigenvalue weighted by Gasteiger charge is -2.36. The third kappa shape index (κ3) is 11.8. The molecule has 1 fully saturated rings. The van der Waals surface area contributed by atoms with E-state index in [0.29, 0.717) is 36.9 Å². The van der Waals surface area contributed by atoms with E-state index in [4.69, 9.17) is 19.9 Å². The number of pyridine rings is 1. The number of esters is 2. The van der Waals surface area contributed by atoms with Gasteiger partial charge in [-0.15, -0.1) is 0 Å². The number of nitrogens with two attached hydrogens (primary N) is 1. The van der Waals surface area contributed by atoms with E-state index in [1.165, 1.54) is 13.8 Å². The predicted octanol–water partition coefficient (Wildman–Crippen LogP) is 5.44. The molecule has 10 nitrogen and oxygen atoms in total. The third-order valence-corrected chi connectivity index (χ3v) is 8.59. The minimum Gasteiger partial charge on any atom is -0.504 e. The number of phenols is 1. The monoisotopic (exact) mass is 628 g/mol. The molecule has 3 rings (SSSR count). The van der Waals surface area contributed by atoms with E-state index in [2.05, 4.69) is 18.8 Å². The normalized spacial score (nSPS) is 20.1. The molecule has 1 saturated carbocycles. The van der Waals surface area contributed by atoms with Crippen molar-refractivity contribution in [2.75, 3.05) is 25.6 Å². The van der Waals surface area contributed by atoms with E-state index in [0.717, 1.165) is 55.2 Å². The lowest BCUT2D eigenvalue weighted by molar-refractivity contribution is -0.156. The molecular formula is C35H52N2O8. The summed E-state index contributed by atoms with van der Waals surface area (Å²) in [5.41, 5.74) is 8.25. The summed E-state index contributed by atoms with van der Waals surface area (Å²) in [5.74, 6) is 0.861. The average molecular weight is 629 g/mol. The fourth-order valence-corrected chi connectivity index (χ4v) is 6.79. The number of hydrogen-bond acceptors (Lipinski definition) is 10. The van der Waals surface area contributed by atoms with Gasteiger partial charge in [-0.2, -0.15) is 0 Å². The van der Waals surface area contributed by atoms with Gasteiger partial charge in [0.25, 0.3) is 0 Å². The first kappa shape index (κ1) is 36.1. The number of nitrogen functional groups attached to an aromatic ring is 1. The van der Waals surface area contributed by atoms with Crippen LogP contribution in [0.25, 0.3) is 11.1 Å². The van der Waals surface area contributed by atoms with Crippen LogP contribution in [-0.2, 0) is 25.5 Å². The maximum atomic E-state index is 12.4. The number of phenolic OH excluding ortho intramolecular Hbond substituents is 1. The molecule has 0 spiro atoms. The average Bonchev–Trinajstić information content (AvgIpc) is 2.95. The van der Waals surface area contributed by atoms with Crippen molar-refractivity contribution in [3.8, 4) is 22.6 Å². The van der Waals surface area contributed by atoms with Crippen LogP contribution in [0.3, 0.4) is 0 Å². The molecule has 1 heterocycles. The Morgan fingerprint density at radius 1 is 1.04 bits per heavy atom. The number of aliphatic hydroxyl groups is 2. The predicted molar refractivity (Wildman–Crippen MR) is 172 cm³/mol. The maximum absolute atomic E-state index is 12.4. The van der Waals surface area contributed by atoms with E-state index in [1.807, 2.05) is 0 Å². The minimum absolute atomic E-state index is 0.0166. The largest absolute Gasteiger partial charge is 0.504 e. The number of nitrogens with zero attached hydrogens (tertiary/aromatic N) is 1. The molecule has 0 radical (unpaired) electrons. The van der Waals surface area contributed by atoms with Gasteiger partial charge in [-0.3, -0.25) is 9.59 Å². The highest BCUT2D eigenvalue weighted by atomic mass is 16.6. The van der Waals surface area contributed by atoms with Crippen molar-refractivity contribution >= 4 is 17.8 Å². The first-order valence-corrected chi connectivity index (χ1v) is 16.3. The number of aryl methyl sites for hydroxylation is 1. The van der Waals surface area contributed by atoms with Crippen molar-refractivity contribution in [1.82, 2.24) is 4.98 Å². The van der Waals surface area contributed by atoms with Crippen LogP contribution < -0.4 is 10.5 Å². The molecule has 1 aromatic heterocycles. The fraction of sp³-hybridized carbons (Fsp3) is 0.629. The second-order valence-corrected chi connectivity index (χ2v) is 12.9. The Labute approximate surface area is 267 Å². The molecule has 1 aromatic carbocycles. The van der Waals surface area contributed by atoms with Crippen molar-refractivity contribution in [2.45, 2.75) is 97.7 Å². The maximum Gasteiger partial charge on any atom is 0.302 e. The van der Waals surface area contributed by atoms with Gasteiger partial charge in [-0.25, -0.2) is 4.98 Å². The SMILES string of the molecule is CC(=O)OC(CCc1cc(OCCO)c(O)cc1-c1ccnc(N)c1)CC(OC(C)=O)C1CC(CO)CCCC(CC(C)C)C1. The van der Waals surface area contributed by atoms with Crippen molar-refractivity contribution in [3.63, 3.8) is 0 Å². The smallest absolute Gasteiger partial charge is 0.302 e. The summed E-state index contributed by atoms with van der Waals surface area (Å²) < 4.78 is 17.4. The van der Waals surface area contributed by atoms with E-state index in [9.17, 15) is 24.9 Å². The third-order valence-electron chi connectivity index (χ3n) is 8.59. The number of carbonyl (C=O) groups excluding carboxylic acids is 2. The zero-order chi connectivity index (χ0) is 32.9. The summed E-state index contributed by atoms with van der Waals surface area (Å²) in [5, 5.41) is 30.1. The van der Waals surface area contributed by atoms with Gasteiger partial charge >= 0.3 is 11.9 Å². The zero-order valence-electron chi connectivity index (χ0n) is 27.2. The second-order valence-electron chi connectivity index (χ2n) is 12.9. The molecule has 1 aliphatic carbocycles. The van der Waals surface area contributed by atoms with Gasteiger partial charge < -0.3 is 35.3 Å². The highest BCUT2D eigenvalue weighted by Crippen LogP contribution is 2.39. The summed E-state index contributed by atoms with van der Waals surface area (Å²) in [6, 6.07) is 6.83. The van der Waals surface area contributed by atoms with Gasteiger partial charge in [-0.05, 0) is 103 Å². The molecule has 1 aliphatic rings. The topological polar surface area (TPSA) is 161 Å². The first-order chi connectivity index (χ1) is 21.5. The van der Waals surface area contributed by atoms with E-state index < -0.39 is 18.2 Å². The molecule has 0 amide bonds. The minimum atomic E-state index is -0.556. The highest BCUT2D eigenvalue weighted by molar-refractivity contribution is 5.72. The fourth-order valence-electron chi connectivity index (χ4n) is 6.79. The van der Waals surface area contributed by atoms with Crippen LogP contribution in [0.5, 0.6) is 11.5 Å². The second kappa shape index (κ2) is 17.9. The summed E-state index contributed by atoms with van der Waals surface area (Å²) in [6.45, 7) is 7.13. The molecular weight excluding hydrogens is 576 g/mol. The van der Waals surface area contributed by atoms with Gasteiger partial charge in [0.1, 0.15) is 24.6 Å². The molecule has 45 heavy (non-hydrogen) atoms. The van der Waals surface area contributed by atoms with Gasteiger partial charge in [0.2, 0.25) is 0 Å². The van der Waals surface area contributed by atoms with Crippen molar-refractivity contribution < 1.29 is 39.1 Å². The Kier molecular flexibility index (Phi) is 14.4. The zero-order valence-corrected chi connectivity index (χ0v) is 27.2. The molecule has 5 N–H and O–H groups in total. The number of hydrogen-bond donors (Lipinski definition) is 4. The Bertz CT molecular complexity index is 1240. The number of ether oxygens (including phenoxy) is 3. The molecule has 0 aliphatic heterocycles. The number of benzene rings is 1. The Hall–Kier alpha value is -3.37. The van der Waals surface area contributed by atoms with Crippen LogP contribution in [0, 0.1) is 23.7 Å². The number of rotatable bonds is 15. The molecule has 5 unspecified atom stereocenters. The standard InChI is InChI=1S/C35H52N2O8/c1-22(2)14-25-6-5-7-26(21-39)16-29(15-25)33(45-24(4)41)19-30(44-23(3)40)9-8-27-17-34(43-13-12-38)32(42)20-31(27)28-10-11-37-35(36)18-28/h10-11,17-18,20,22,25-26,29-30,33,38-39,42H,5-9,12-16,19,21H2,1-4H3,(H2,36,37). The Morgan fingerprint density at radius 3 is 2.40 bits per heavy atom. The number of aromatic nitrogens is 1. The van der Waals surface area contributed by atoms with Crippen LogP contribution in [-0.4, -0.2) is 64.3 Å². The van der Waals surface area contributed by atoms with Crippen LogP contribution in [0.15, 0.2) is 30.5 Å². The summed E-state index contributed by atoms with van der Waals surface area (Å²) in [4.78, 5) is 28.8. The van der Waals surface area contributed by atoms with Crippen molar-refractivity contribution in [2.24, 2.45) is 23.7 Å². The lowest BCUT2D eigenvalue weighted by Crippen LogP contribution is -2.36. The number of carbonyl (C=O) groups is 2. The molecule has 0 saturated heterocycles. The van der Waals surface area contributed by atoms with Crippen LogP contribution in [0.2, 0.25) is 0 Å².